The molecule has 5 nitrogen and oxygen atoms in total. The topological polar surface area (TPSA) is 71.3 Å². The van der Waals surface area contributed by atoms with Gasteiger partial charge in [-0.05, 0) is 84.5 Å². The molecular formula is C33H29FN2O3. The smallest absolute Gasteiger partial charge is 0.255 e. The molecule has 0 aliphatic heterocycles. The number of furan rings is 1. The Morgan fingerprint density at radius 3 is 2.31 bits per heavy atom. The molecule has 1 aromatic heterocycles. The fourth-order valence-electron chi connectivity index (χ4n) is 5.13. The van der Waals surface area contributed by atoms with Crippen molar-refractivity contribution in [3.05, 3.63) is 121 Å². The van der Waals surface area contributed by atoms with E-state index in [-0.39, 0.29) is 17.6 Å². The summed E-state index contributed by atoms with van der Waals surface area (Å²) in [5.74, 6) is -0.480. The Morgan fingerprint density at radius 2 is 1.67 bits per heavy atom. The summed E-state index contributed by atoms with van der Waals surface area (Å²) in [7, 11) is 1.55. The Labute approximate surface area is 226 Å². The van der Waals surface area contributed by atoms with E-state index in [9.17, 15) is 14.0 Å². The molecule has 1 heterocycles. The van der Waals surface area contributed by atoms with Crippen LogP contribution in [0.15, 0.2) is 108 Å². The van der Waals surface area contributed by atoms with Crippen LogP contribution in [0.25, 0.3) is 33.4 Å². The standard InChI is InChI=1S/C33H29FN2O3/c1-4-8-25(5-2)33(17-7-18-33)36-31(37)24-10-6-9-22(19-24)23-13-16-28-27(20-23)29(32(38)35-3)30(39-28)21-11-14-26(34)15-12-21/h4-6,8-16,19-20H,1-2,7,17-18H2,3H3,(H,35,38)(H,36,37)/b25-8+. The van der Waals surface area contributed by atoms with E-state index in [1.54, 1.807) is 43.5 Å². The second-order valence-electron chi connectivity index (χ2n) is 9.64. The molecule has 2 N–H and O–H groups in total. The third-order valence-electron chi connectivity index (χ3n) is 7.34. The molecule has 0 saturated heterocycles. The summed E-state index contributed by atoms with van der Waals surface area (Å²) in [6.45, 7) is 7.70. The first-order valence-electron chi connectivity index (χ1n) is 12.8. The number of hydrogen-bond donors (Lipinski definition) is 2. The number of fused-ring (bicyclic) bond motifs is 1. The molecule has 0 spiro atoms. The third-order valence-corrected chi connectivity index (χ3v) is 7.34. The maximum Gasteiger partial charge on any atom is 0.255 e. The van der Waals surface area contributed by atoms with Crippen LogP contribution in [-0.2, 0) is 0 Å². The summed E-state index contributed by atoms with van der Waals surface area (Å²) >= 11 is 0. The second kappa shape index (κ2) is 10.6. The number of carbonyl (C=O) groups excluding carboxylic acids is 2. The normalized spacial score (nSPS) is 14.4. The highest BCUT2D eigenvalue weighted by Gasteiger charge is 2.40. The largest absolute Gasteiger partial charge is 0.455 e. The third kappa shape index (κ3) is 4.81. The molecule has 3 aromatic carbocycles. The summed E-state index contributed by atoms with van der Waals surface area (Å²) in [5, 5.41) is 6.53. The van der Waals surface area contributed by atoms with Gasteiger partial charge in [-0.25, -0.2) is 4.39 Å². The maximum atomic E-state index is 13.5. The Bertz CT molecular complexity index is 1620. The minimum Gasteiger partial charge on any atom is -0.455 e. The van der Waals surface area contributed by atoms with Crippen molar-refractivity contribution >= 4 is 22.8 Å². The average molecular weight is 521 g/mol. The van der Waals surface area contributed by atoms with Crippen molar-refractivity contribution in [1.29, 1.82) is 0 Å². The first-order valence-corrected chi connectivity index (χ1v) is 12.8. The molecule has 1 fully saturated rings. The number of carbonyl (C=O) groups is 2. The molecule has 39 heavy (non-hydrogen) atoms. The molecule has 6 heteroatoms. The van der Waals surface area contributed by atoms with Crippen LogP contribution in [0.1, 0.15) is 40.0 Å². The van der Waals surface area contributed by atoms with Crippen LogP contribution < -0.4 is 10.6 Å². The number of benzene rings is 3. The predicted molar refractivity (Wildman–Crippen MR) is 153 cm³/mol. The quantitative estimate of drug-likeness (QED) is 0.241. The van der Waals surface area contributed by atoms with E-state index in [2.05, 4.69) is 23.8 Å². The van der Waals surface area contributed by atoms with Crippen LogP contribution in [0.5, 0.6) is 0 Å². The van der Waals surface area contributed by atoms with Crippen LogP contribution in [0.3, 0.4) is 0 Å². The molecule has 0 atom stereocenters. The van der Waals surface area contributed by atoms with Gasteiger partial charge in [0.2, 0.25) is 0 Å². The fourth-order valence-corrected chi connectivity index (χ4v) is 5.13. The second-order valence-corrected chi connectivity index (χ2v) is 9.64. The van der Waals surface area contributed by atoms with Crippen molar-refractivity contribution in [2.24, 2.45) is 0 Å². The number of halogens is 1. The van der Waals surface area contributed by atoms with Gasteiger partial charge in [0.1, 0.15) is 17.2 Å². The monoisotopic (exact) mass is 520 g/mol. The summed E-state index contributed by atoms with van der Waals surface area (Å²) in [4.78, 5) is 26.3. The SMILES string of the molecule is C=C/C=C(\C=C)C1(NC(=O)c2cccc(-c3ccc4oc(-c5ccc(F)cc5)c(C(=O)NC)c4c3)c2)CCC1. The van der Waals surface area contributed by atoms with Gasteiger partial charge in [0, 0.05) is 23.6 Å². The molecule has 0 bridgehead atoms. The van der Waals surface area contributed by atoms with E-state index < -0.39 is 5.54 Å². The molecule has 1 aliphatic rings. The molecule has 1 aliphatic carbocycles. The Kier molecular flexibility index (Phi) is 7.03. The minimum absolute atomic E-state index is 0.164. The lowest BCUT2D eigenvalue weighted by atomic mass is 9.71. The van der Waals surface area contributed by atoms with Crippen molar-refractivity contribution in [2.75, 3.05) is 7.05 Å². The minimum atomic E-state index is -0.433. The van der Waals surface area contributed by atoms with Gasteiger partial charge < -0.3 is 15.1 Å². The van der Waals surface area contributed by atoms with Crippen molar-refractivity contribution in [1.82, 2.24) is 10.6 Å². The lowest BCUT2D eigenvalue weighted by Gasteiger charge is -2.43. The molecule has 4 aromatic rings. The van der Waals surface area contributed by atoms with E-state index in [1.165, 1.54) is 12.1 Å². The van der Waals surface area contributed by atoms with Gasteiger partial charge in [-0.2, -0.15) is 0 Å². The highest BCUT2D eigenvalue weighted by Crippen LogP contribution is 2.40. The first-order chi connectivity index (χ1) is 18.9. The zero-order valence-corrected chi connectivity index (χ0v) is 21.7. The van der Waals surface area contributed by atoms with Crippen LogP contribution in [0, 0.1) is 5.82 Å². The summed E-state index contributed by atoms with van der Waals surface area (Å²) in [6.07, 6.45) is 8.11. The molecule has 2 amide bonds. The summed E-state index contributed by atoms with van der Waals surface area (Å²) in [6, 6.07) is 18.8. The van der Waals surface area contributed by atoms with E-state index >= 15 is 0 Å². The Hall–Kier alpha value is -4.71. The number of allylic oxidation sites excluding steroid dienone is 2. The molecule has 5 rings (SSSR count). The Morgan fingerprint density at radius 1 is 0.949 bits per heavy atom. The van der Waals surface area contributed by atoms with Crippen molar-refractivity contribution in [3.8, 4) is 22.5 Å². The number of amides is 2. The molecule has 0 radical (unpaired) electrons. The average Bonchev–Trinajstić information content (AvgIpc) is 3.32. The zero-order valence-electron chi connectivity index (χ0n) is 21.7. The summed E-state index contributed by atoms with van der Waals surface area (Å²) < 4.78 is 19.6. The Balaban J connectivity index is 1.52. The van der Waals surface area contributed by atoms with Crippen molar-refractivity contribution in [3.63, 3.8) is 0 Å². The fraction of sp³-hybridized carbons (Fsp3) is 0.152. The van der Waals surface area contributed by atoms with E-state index in [0.717, 1.165) is 36.0 Å². The van der Waals surface area contributed by atoms with Gasteiger partial charge in [-0.15, -0.1) is 0 Å². The maximum absolute atomic E-state index is 13.5. The van der Waals surface area contributed by atoms with Gasteiger partial charge in [-0.1, -0.05) is 49.6 Å². The van der Waals surface area contributed by atoms with Crippen molar-refractivity contribution in [2.45, 2.75) is 24.8 Å². The number of hydrogen-bond acceptors (Lipinski definition) is 3. The molecule has 0 unspecified atom stereocenters. The van der Waals surface area contributed by atoms with Gasteiger partial charge in [-0.3, -0.25) is 9.59 Å². The highest BCUT2D eigenvalue weighted by atomic mass is 19.1. The van der Waals surface area contributed by atoms with Crippen LogP contribution >= 0.6 is 0 Å². The molecular weight excluding hydrogens is 491 g/mol. The highest BCUT2D eigenvalue weighted by molar-refractivity contribution is 6.12. The van der Waals surface area contributed by atoms with E-state index in [0.29, 0.717) is 33.4 Å². The molecule has 196 valence electrons. The van der Waals surface area contributed by atoms with Crippen LogP contribution in [0.2, 0.25) is 0 Å². The molecule has 1 saturated carbocycles. The lowest BCUT2D eigenvalue weighted by Crippen LogP contribution is -2.54. The van der Waals surface area contributed by atoms with E-state index in [1.807, 2.05) is 36.4 Å². The van der Waals surface area contributed by atoms with Gasteiger partial charge in [0.05, 0.1) is 11.1 Å². The van der Waals surface area contributed by atoms with Crippen LogP contribution in [0.4, 0.5) is 4.39 Å². The van der Waals surface area contributed by atoms with Gasteiger partial charge in [0.15, 0.2) is 0 Å². The predicted octanol–water partition coefficient (Wildman–Crippen LogP) is 7.22. The van der Waals surface area contributed by atoms with Crippen molar-refractivity contribution < 1.29 is 18.4 Å². The van der Waals surface area contributed by atoms with E-state index in [4.69, 9.17) is 4.42 Å². The lowest BCUT2D eigenvalue weighted by molar-refractivity contribution is 0.0868. The number of rotatable bonds is 8. The van der Waals surface area contributed by atoms with Crippen LogP contribution in [-0.4, -0.2) is 24.4 Å². The first kappa shape index (κ1) is 25.9. The van der Waals surface area contributed by atoms with Gasteiger partial charge >= 0.3 is 0 Å². The zero-order chi connectivity index (χ0) is 27.6. The summed E-state index contributed by atoms with van der Waals surface area (Å²) in [5.41, 5.74) is 4.20. The number of nitrogens with one attached hydrogen (secondary N) is 2. The van der Waals surface area contributed by atoms with Gasteiger partial charge in [0.25, 0.3) is 11.8 Å².